The standard InChI is InChI=1S/C18H21NO4S/c1-11-6-7-15(14(4)20)10-16(11)19-24(21,22)18-9-13(3)12(2)8-17(18)23-5/h6-10,19H,1-5H3. The monoisotopic (exact) mass is 347 g/mol. The van der Waals surface area contributed by atoms with Gasteiger partial charge in [-0.1, -0.05) is 12.1 Å². The normalized spacial score (nSPS) is 11.2. The number of sulfonamides is 1. The minimum atomic E-state index is -3.85. The zero-order valence-corrected chi connectivity index (χ0v) is 15.2. The first-order valence-corrected chi connectivity index (χ1v) is 8.93. The van der Waals surface area contributed by atoms with Crippen LogP contribution in [-0.2, 0) is 10.0 Å². The summed E-state index contributed by atoms with van der Waals surface area (Å²) >= 11 is 0. The molecule has 24 heavy (non-hydrogen) atoms. The van der Waals surface area contributed by atoms with Crippen LogP contribution in [0.15, 0.2) is 35.2 Å². The van der Waals surface area contributed by atoms with Crippen LogP contribution in [0.3, 0.4) is 0 Å². The molecule has 0 aliphatic rings. The molecule has 0 aliphatic heterocycles. The second kappa shape index (κ2) is 6.65. The number of carbonyl (C=O) groups is 1. The molecular weight excluding hydrogens is 326 g/mol. The molecule has 0 aliphatic carbocycles. The van der Waals surface area contributed by atoms with Gasteiger partial charge in [0.2, 0.25) is 0 Å². The fourth-order valence-electron chi connectivity index (χ4n) is 2.28. The molecule has 0 fully saturated rings. The number of methoxy groups -OCH3 is 1. The molecule has 2 aromatic carbocycles. The molecule has 0 atom stereocenters. The molecule has 0 unspecified atom stereocenters. The van der Waals surface area contributed by atoms with Gasteiger partial charge in [-0.25, -0.2) is 8.42 Å². The Kier molecular flexibility index (Phi) is 4.99. The lowest BCUT2D eigenvalue weighted by atomic mass is 10.1. The second-order valence-corrected chi connectivity index (χ2v) is 7.43. The molecule has 2 aromatic rings. The maximum atomic E-state index is 12.8. The number of rotatable bonds is 5. The van der Waals surface area contributed by atoms with Crippen LogP contribution in [-0.4, -0.2) is 21.3 Å². The highest BCUT2D eigenvalue weighted by atomic mass is 32.2. The molecule has 5 nitrogen and oxygen atoms in total. The molecule has 0 spiro atoms. The van der Waals surface area contributed by atoms with Gasteiger partial charge in [0.15, 0.2) is 5.78 Å². The predicted octanol–water partition coefficient (Wildman–Crippen LogP) is 3.62. The van der Waals surface area contributed by atoms with Gasteiger partial charge in [0.1, 0.15) is 10.6 Å². The molecule has 0 bridgehead atoms. The maximum absolute atomic E-state index is 12.8. The fraction of sp³-hybridized carbons (Fsp3) is 0.278. The van der Waals surface area contributed by atoms with Crippen LogP contribution in [0.1, 0.15) is 34.0 Å². The maximum Gasteiger partial charge on any atom is 0.265 e. The zero-order chi connectivity index (χ0) is 18.1. The van der Waals surface area contributed by atoms with Crippen LogP contribution >= 0.6 is 0 Å². The van der Waals surface area contributed by atoms with Crippen molar-refractivity contribution in [1.82, 2.24) is 0 Å². The van der Waals surface area contributed by atoms with Gasteiger partial charge in [-0.15, -0.1) is 0 Å². The smallest absolute Gasteiger partial charge is 0.265 e. The Labute approximate surface area is 142 Å². The molecular formula is C18H21NO4S. The first-order chi connectivity index (χ1) is 11.2. The molecule has 128 valence electrons. The van der Waals surface area contributed by atoms with E-state index in [2.05, 4.69) is 4.72 Å². The molecule has 0 heterocycles. The number of nitrogens with one attached hydrogen (secondary N) is 1. The summed E-state index contributed by atoms with van der Waals surface area (Å²) < 4.78 is 33.4. The summed E-state index contributed by atoms with van der Waals surface area (Å²) in [6.07, 6.45) is 0. The number of carbonyl (C=O) groups excluding carboxylic acids is 1. The van der Waals surface area contributed by atoms with Gasteiger partial charge in [-0.2, -0.15) is 0 Å². The Balaban J connectivity index is 2.52. The van der Waals surface area contributed by atoms with Gasteiger partial charge >= 0.3 is 0 Å². The highest BCUT2D eigenvalue weighted by molar-refractivity contribution is 7.92. The van der Waals surface area contributed by atoms with Crippen molar-refractivity contribution in [3.63, 3.8) is 0 Å². The van der Waals surface area contributed by atoms with Crippen molar-refractivity contribution in [2.24, 2.45) is 0 Å². The summed E-state index contributed by atoms with van der Waals surface area (Å²) in [6, 6.07) is 8.21. The molecule has 6 heteroatoms. The summed E-state index contributed by atoms with van der Waals surface area (Å²) in [4.78, 5) is 11.6. The molecule has 0 aromatic heterocycles. The highest BCUT2D eigenvalue weighted by Gasteiger charge is 2.22. The molecule has 0 amide bonds. The van der Waals surface area contributed by atoms with E-state index in [1.54, 1.807) is 37.3 Å². The van der Waals surface area contributed by atoms with Crippen molar-refractivity contribution in [3.05, 3.63) is 52.6 Å². The second-order valence-electron chi connectivity index (χ2n) is 5.78. The van der Waals surface area contributed by atoms with E-state index in [0.717, 1.165) is 16.7 Å². The van der Waals surface area contributed by atoms with Crippen molar-refractivity contribution >= 4 is 21.5 Å². The lowest BCUT2D eigenvalue weighted by Gasteiger charge is -2.15. The third-order valence-corrected chi connectivity index (χ3v) is 5.34. The van der Waals surface area contributed by atoms with Gasteiger partial charge in [-0.05, 0) is 62.6 Å². The third-order valence-electron chi connectivity index (χ3n) is 3.96. The summed E-state index contributed by atoms with van der Waals surface area (Å²) in [5, 5.41) is 0. The average molecular weight is 347 g/mol. The summed E-state index contributed by atoms with van der Waals surface area (Å²) in [5.41, 5.74) is 3.35. The fourth-order valence-corrected chi connectivity index (χ4v) is 3.64. The Morgan fingerprint density at radius 3 is 2.21 bits per heavy atom. The van der Waals surface area contributed by atoms with E-state index in [9.17, 15) is 13.2 Å². The Bertz CT molecular complexity index is 901. The SMILES string of the molecule is COc1cc(C)c(C)cc1S(=O)(=O)Nc1cc(C(C)=O)ccc1C. The molecule has 0 saturated heterocycles. The quantitative estimate of drug-likeness (QED) is 0.839. The van der Waals surface area contributed by atoms with Crippen LogP contribution in [0, 0.1) is 20.8 Å². The average Bonchev–Trinajstić information content (AvgIpc) is 2.51. The number of Topliss-reactive ketones (excluding diaryl/α,β-unsaturated/α-hetero) is 1. The first-order valence-electron chi connectivity index (χ1n) is 7.45. The lowest BCUT2D eigenvalue weighted by molar-refractivity contribution is 0.101. The summed E-state index contributed by atoms with van der Waals surface area (Å²) in [7, 11) is -2.41. The largest absolute Gasteiger partial charge is 0.495 e. The van der Waals surface area contributed by atoms with E-state index in [1.807, 2.05) is 13.8 Å². The van der Waals surface area contributed by atoms with Crippen molar-refractivity contribution in [3.8, 4) is 5.75 Å². The van der Waals surface area contributed by atoms with E-state index in [1.165, 1.54) is 14.0 Å². The van der Waals surface area contributed by atoms with Crippen LogP contribution in [0.5, 0.6) is 5.75 Å². The van der Waals surface area contributed by atoms with Gasteiger partial charge in [0, 0.05) is 5.56 Å². The van der Waals surface area contributed by atoms with Gasteiger partial charge in [0.05, 0.1) is 12.8 Å². The lowest BCUT2D eigenvalue weighted by Crippen LogP contribution is -2.15. The zero-order valence-electron chi connectivity index (χ0n) is 14.4. The minimum Gasteiger partial charge on any atom is -0.495 e. The van der Waals surface area contributed by atoms with E-state index in [4.69, 9.17) is 4.74 Å². The number of aryl methyl sites for hydroxylation is 3. The van der Waals surface area contributed by atoms with Gasteiger partial charge in [0.25, 0.3) is 10.0 Å². The van der Waals surface area contributed by atoms with Crippen molar-refractivity contribution in [1.29, 1.82) is 0 Å². The number of anilines is 1. The molecule has 1 N–H and O–H groups in total. The Morgan fingerprint density at radius 2 is 1.62 bits per heavy atom. The van der Waals surface area contributed by atoms with Gasteiger partial charge in [-0.3, -0.25) is 9.52 Å². The minimum absolute atomic E-state index is 0.0701. The van der Waals surface area contributed by atoms with Crippen molar-refractivity contribution in [2.45, 2.75) is 32.6 Å². The number of ether oxygens (including phenoxy) is 1. The number of ketones is 1. The van der Waals surface area contributed by atoms with E-state index >= 15 is 0 Å². The van der Waals surface area contributed by atoms with Crippen LogP contribution in [0.25, 0.3) is 0 Å². The highest BCUT2D eigenvalue weighted by Crippen LogP contribution is 2.30. The number of benzene rings is 2. The molecule has 0 saturated carbocycles. The third kappa shape index (κ3) is 3.59. The topological polar surface area (TPSA) is 72.5 Å². The van der Waals surface area contributed by atoms with Crippen LogP contribution in [0.4, 0.5) is 5.69 Å². The van der Waals surface area contributed by atoms with E-state index in [0.29, 0.717) is 11.3 Å². The summed E-state index contributed by atoms with van der Waals surface area (Å²) in [6.45, 7) is 6.95. The molecule has 2 rings (SSSR count). The van der Waals surface area contributed by atoms with Crippen molar-refractivity contribution < 1.29 is 17.9 Å². The Hall–Kier alpha value is -2.34. The van der Waals surface area contributed by atoms with Crippen molar-refractivity contribution in [2.75, 3.05) is 11.8 Å². The predicted molar refractivity (Wildman–Crippen MR) is 94.5 cm³/mol. The molecule has 0 radical (unpaired) electrons. The number of hydrogen-bond donors (Lipinski definition) is 1. The van der Waals surface area contributed by atoms with Crippen LogP contribution < -0.4 is 9.46 Å². The first kappa shape index (κ1) is 18.0. The van der Waals surface area contributed by atoms with E-state index in [-0.39, 0.29) is 16.4 Å². The summed E-state index contributed by atoms with van der Waals surface area (Å²) in [5.74, 6) is 0.158. The number of hydrogen-bond acceptors (Lipinski definition) is 4. The van der Waals surface area contributed by atoms with Gasteiger partial charge < -0.3 is 4.74 Å². The van der Waals surface area contributed by atoms with E-state index < -0.39 is 10.0 Å². The van der Waals surface area contributed by atoms with Crippen LogP contribution in [0.2, 0.25) is 0 Å². The Morgan fingerprint density at radius 1 is 1.00 bits per heavy atom.